The van der Waals surface area contributed by atoms with Crippen LogP contribution in [0.5, 0.6) is 0 Å². The van der Waals surface area contributed by atoms with Gasteiger partial charge in [0, 0.05) is 6.54 Å². The summed E-state index contributed by atoms with van der Waals surface area (Å²) in [4.78, 5) is 11.6. The molecule has 0 saturated heterocycles. The summed E-state index contributed by atoms with van der Waals surface area (Å²) >= 11 is 0. The average Bonchev–Trinajstić information content (AvgIpc) is 2.43. The van der Waals surface area contributed by atoms with Crippen LogP contribution in [0.15, 0.2) is 4.52 Å². The van der Waals surface area contributed by atoms with E-state index >= 15 is 0 Å². The maximum absolute atomic E-state index is 11.6. The molecular weight excluding hydrogens is 198 g/mol. The second-order valence-corrected chi connectivity index (χ2v) is 4.08. The Morgan fingerprint density at radius 3 is 2.60 bits per heavy atom. The van der Waals surface area contributed by atoms with Crippen LogP contribution in [0.25, 0.3) is 0 Å². The van der Waals surface area contributed by atoms with Crippen molar-refractivity contribution in [3.63, 3.8) is 0 Å². The first-order valence-electron chi connectivity index (χ1n) is 4.52. The number of hydrogen-bond donors (Lipinski definition) is 2. The lowest BCUT2D eigenvalue weighted by atomic mass is 10.2. The molecule has 0 saturated carbocycles. The fraction of sp³-hybridized carbons (Fsp3) is 0.556. The van der Waals surface area contributed by atoms with E-state index in [-0.39, 0.29) is 18.1 Å². The Morgan fingerprint density at radius 1 is 1.53 bits per heavy atom. The molecule has 1 rings (SSSR count). The smallest absolute Gasteiger partial charge is 0.361 e. The first-order chi connectivity index (χ1) is 6.85. The molecule has 0 unspecified atom stereocenters. The molecule has 0 atom stereocenters. The minimum atomic E-state index is -0.587. The number of nitrogen functional groups attached to an aromatic ring is 1. The number of aromatic nitrogens is 1. The number of anilines is 1. The lowest BCUT2D eigenvalue weighted by molar-refractivity contribution is 0.00578. The lowest BCUT2D eigenvalue weighted by Gasteiger charge is -2.18. The summed E-state index contributed by atoms with van der Waals surface area (Å²) in [5.41, 5.74) is 10.7. The molecule has 84 valence electrons. The standard InChI is InChI=1S/C9H15N3O3/c1-9(2,3)14-8(13)6-5(4-10)7(11)15-12-6/h4,10-11H2,1-3H3. The Hall–Kier alpha value is -1.56. The van der Waals surface area contributed by atoms with Crippen molar-refractivity contribution in [2.45, 2.75) is 32.9 Å². The molecule has 1 heterocycles. The van der Waals surface area contributed by atoms with Crippen molar-refractivity contribution in [3.05, 3.63) is 11.3 Å². The highest BCUT2D eigenvalue weighted by molar-refractivity contribution is 5.90. The van der Waals surface area contributed by atoms with Gasteiger partial charge >= 0.3 is 5.97 Å². The van der Waals surface area contributed by atoms with E-state index in [4.69, 9.17) is 16.2 Å². The highest BCUT2D eigenvalue weighted by Gasteiger charge is 2.25. The predicted octanol–water partition coefficient (Wildman–Crippen LogP) is 0.671. The summed E-state index contributed by atoms with van der Waals surface area (Å²) in [6.45, 7) is 5.37. The highest BCUT2D eigenvalue weighted by Crippen LogP contribution is 2.19. The van der Waals surface area contributed by atoms with Gasteiger partial charge in [0.25, 0.3) is 0 Å². The van der Waals surface area contributed by atoms with Crippen LogP contribution in [0.3, 0.4) is 0 Å². The monoisotopic (exact) mass is 213 g/mol. The van der Waals surface area contributed by atoms with Crippen LogP contribution < -0.4 is 11.5 Å². The van der Waals surface area contributed by atoms with Crippen LogP contribution >= 0.6 is 0 Å². The molecule has 0 aliphatic rings. The third-order valence-electron chi connectivity index (χ3n) is 1.61. The third kappa shape index (κ3) is 2.69. The van der Waals surface area contributed by atoms with Crippen molar-refractivity contribution in [1.82, 2.24) is 5.16 Å². The van der Waals surface area contributed by atoms with E-state index in [0.29, 0.717) is 5.56 Å². The lowest BCUT2D eigenvalue weighted by Crippen LogP contribution is -2.25. The maximum Gasteiger partial charge on any atom is 0.361 e. The maximum atomic E-state index is 11.6. The van der Waals surface area contributed by atoms with Gasteiger partial charge in [-0.15, -0.1) is 0 Å². The molecule has 0 amide bonds. The fourth-order valence-electron chi connectivity index (χ4n) is 1.01. The van der Waals surface area contributed by atoms with E-state index in [2.05, 4.69) is 9.68 Å². The largest absolute Gasteiger partial charge is 0.455 e. The van der Waals surface area contributed by atoms with E-state index in [1.807, 2.05) is 0 Å². The molecule has 0 aliphatic heterocycles. The summed E-state index contributed by atoms with van der Waals surface area (Å²) < 4.78 is 9.78. The number of ether oxygens (including phenoxy) is 1. The minimum absolute atomic E-state index is 0.0462. The van der Waals surface area contributed by atoms with Gasteiger partial charge in [0.1, 0.15) is 5.60 Å². The number of esters is 1. The Bertz CT molecular complexity index is 365. The van der Waals surface area contributed by atoms with Crippen molar-refractivity contribution >= 4 is 11.9 Å². The van der Waals surface area contributed by atoms with E-state index in [1.54, 1.807) is 20.8 Å². The topological polar surface area (TPSA) is 104 Å². The summed E-state index contributed by atoms with van der Waals surface area (Å²) in [6, 6.07) is 0. The molecule has 0 radical (unpaired) electrons. The van der Waals surface area contributed by atoms with Gasteiger partial charge < -0.3 is 20.7 Å². The Kier molecular flexibility index (Phi) is 2.99. The van der Waals surface area contributed by atoms with Crippen LogP contribution in [0, 0.1) is 0 Å². The Morgan fingerprint density at radius 2 is 2.13 bits per heavy atom. The van der Waals surface area contributed by atoms with Crippen molar-refractivity contribution in [2.24, 2.45) is 5.73 Å². The number of carbonyl (C=O) groups excluding carboxylic acids is 1. The van der Waals surface area contributed by atoms with Crippen LogP contribution in [0.2, 0.25) is 0 Å². The van der Waals surface area contributed by atoms with E-state index in [1.165, 1.54) is 0 Å². The minimum Gasteiger partial charge on any atom is -0.455 e. The predicted molar refractivity (Wildman–Crippen MR) is 54.0 cm³/mol. The molecule has 0 spiro atoms. The van der Waals surface area contributed by atoms with E-state index in [9.17, 15) is 4.79 Å². The van der Waals surface area contributed by atoms with Crippen molar-refractivity contribution < 1.29 is 14.1 Å². The van der Waals surface area contributed by atoms with E-state index in [0.717, 1.165) is 0 Å². The van der Waals surface area contributed by atoms with Gasteiger partial charge in [-0.25, -0.2) is 4.79 Å². The molecule has 0 aromatic carbocycles. The summed E-state index contributed by atoms with van der Waals surface area (Å²) in [6.07, 6.45) is 0. The van der Waals surface area contributed by atoms with Gasteiger partial charge in [0.15, 0.2) is 5.69 Å². The highest BCUT2D eigenvalue weighted by atomic mass is 16.6. The molecule has 6 nitrogen and oxygen atoms in total. The van der Waals surface area contributed by atoms with Gasteiger partial charge in [-0.1, -0.05) is 5.16 Å². The van der Waals surface area contributed by atoms with Crippen LogP contribution in [0.4, 0.5) is 5.88 Å². The summed E-state index contributed by atoms with van der Waals surface area (Å²) in [5.74, 6) is -0.526. The zero-order chi connectivity index (χ0) is 11.6. The molecule has 0 bridgehead atoms. The van der Waals surface area contributed by atoms with Crippen molar-refractivity contribution in [3.8, 4) is 0 Å². The second kappa shape index (κ2) is 3.90. The quantitative estimate of drug-likeness (QED) is 0.699. The second-order valence-electron chi connectivity index (χ2n) is 4.08. The zero-order valence-corrected chi connectivity index (χ0v) is 9.03. The molecule has 4 N–H and O–H groups in total. The number of nitrogens with zero attached hydrogens (tertiary/aromatic N) is 1. The molecule has 6 heteroatoms. The summed E-state index contributed by atoms with van der Waals surface area (Å²) in [5, 5.41) is 3.52. The van der Waals surface area contributed by atoms with Gasteiger partial charge in [-0.2, -0.15) is 0 Å². The number of nitrogens with two attached hydrogens (primary N) is 2. The van der Waals surface area contributed by atoms with Gasteiger partial charge in [0.05, 0.1) is 5.56 Å². The summed E-state index contributed by atoms with van der Waals surface area (Å²) in [7, 11) is 0. The zero-order valence-electron chi connectivity index (χ0n) is 9.03. The van der Waals surface area contributed by atoms with Crippen LogP contribution in [-0.2, 0) is 11.3 Å². The number of carbonyl (C=O) groups is 1. The van der Waals surface area contributed by atoms with E-state index < -0.39 is 11.6 Å². The SMILES string of the molecule is CC(C)(C)OC(=O)c1noc(N)c1CN. The van der Waals surface area contributed by atoms with Gasteiger partial charge in [-0.3, -0.25) is 0 Å². The molecule has 15 heavy (non-hydrogen) atoms. The first kappa shape index (κ1) is 11.5. The molecule has 0 aliphatic carbocycles. The van der Waals surface area contributed by atoms with Crippen LogP contribution in [0.1, 0.15) is 36.8 Å². The molecule has 0 fully saturated rings. The van der Waals surface area contributed by atoms with Crippen LogP contribution in [-0.4, -0.2) is 16.7 Å². The van der Waals surface area contributed by atoms with Gasteiger partial charge in [0.2, 0.25) is 5.88 Å². The average molecular weight is 213 g/mol. The van der Waals surface area contributed by atoms with Crippen molar-refractivity contribution in [1.29, 1.82) is 0 Å². The normalized spacial score (nSPS) is 11.5. The molecule has 1 aromatic rings. The third-order valence-corrected chi connectivity index (χ3v) is 1.61. The first-order valence-corrected chi connectivity index (χ1v) is 4.52. The van der Waals surface area contributed by atoms with Crippen molar-refractivity contribution in [2.75, 3.05) is 5.73 Å². The molecular formula is C9H15N3O3. The fourth-order valence-corrected chi connectivity index (χ4v) is 1.01. The Labute approximate surface area is 87.5 Å². The van der Waals surface area contributed by atoms with Gasteiger partial charge in [-0.05, 0) is 20.8 Å². The molecule has 1 aromatic heterocycles. The Balaban J connectivity index is 2.92. The number of hydrogen-bond acceptors (Lipinski definition) is 6. The number of rotatable bonds is 2.